The van der Waals surface area contributed by atoms with Crippen molar-refractivity contribution in [1.29, 1.82) is 0 Å². The van der Waals surface area contributed by atoms with E-state index in [0.717, 1.165) is 0 Å². The molecule has 0 rings (SSSR count). The first-order valence-corrected chi connectivity index (χ1v) is 6.16. The van der Waals surface area contributed by atoms with Crippen molar-refractivity contribution in [3.63, 3.8) is 0 Å². The molecule has 3 amide bonds. The molecule has 0 aliphatic carbocycles. The van der Waals surface area contributed by atoms with Crippen molar-refractivity contribution in [2.75, 3.05) is 19.6 Å². The number of rotatable bonds is 7. The van der Waals surface area contributed by atoms with Gasteiger partial charge in [0.1, 0.15) is 6.54 Å². The van der Waals surface area contributed by atoms with Gasteiger partial charge in [-0.25, -0.2) is 0 Å². The summed E-state index contributed by atoms with van der Waals surface area (Å²) >= 11 is 0. The Morgan fingerprint density at radius 3 is 1.95 bits per heavy atom. The molecule has 4 N–H and O–H groups in total. The predicted octanol–water partition coefficient (Wildman–Crippen LogP) is -1.14. The van der Waals surface area contributed by atoms with Crippen LogP contribution in [0.3, 0.4) is 0 Å². The van der Waals surface area contributed by atoms with Crippen LogP contribution in [0.15, 0.2) is 0 Å². The number of hydrogen-bond acceptors (Lipinski definition) is 4. The molecule has 20 heavy (non-hydrogen) atoms. The average Bonchev–Trinajstić information content (AvgIpc) is 2.32. The first-order chi connectivity index (χ1) is 9.12. The topological polar surface area (TPSA) is 125 Å². The summed E-state index contributed by atoms with van der Waals surface area (Å²) in [5.74, 6) is -2.30. The first kappa shape index (κ1) is 17.9. The van der Waals surface area contributed by atoms with E-state index in [-0.39, 0.29) is 25.4 Å². The SMILES string of the molecule is CC(C)(C)C(=O)NCCC(=O)NCC(=O)NCC(=O)O. The summed E-state index contributed by atoms with van der Waals surface area (Å²) < 4.78 is 0. The van der Waals surface area contributed by atoms with E-state index in [9.17, 15) is 19.2 Å². The Morgan fingerprint density at radius 1 is 0.900 bits per heavy atom. The Kier molecular flexibility index (Phi) is 7.27. The van der Waals surface area contributed by atoms with Crippen LogP contribution in [0.4, 0.5) is 0 Å². The van der Waals surface area contributed by atoms with E-state index >= 15 is 0 Å². The third-order valence-electron chi connectivity index (χ3n) is 2.20. The van der Waals surface area contributed by atoms with Crippen molar-refractivity contribution in [1.82, 2.24) is 16.0 Å². The van der Waals surface area contributed by atoms with Gasteiger partial charge in [0.2, 0.25) is 17.7 Å². The lowest BCUT2D eigenvalue weighted by Gasteiger charge is -2.17. The second-order valence-corrected chi connectivity index (χ2v) is 5.20. The van der Waals surface area contributed by atoms with Gasteiger partial charge in [-0.15, -0.1) is 0 Å². The molecular formula is C12H21N3O5. The van der Waals surface area contributed by atoms with Crippen molar-refractivity contribution in [2.45, 2.75) is 27.2 Å². The van der Waals surface area contributed by atoms with Gasteiger partial charge in [-0.05, 0) is 0 Å². The quantitative estimate of drug-likeness (QED) is 0.471. The third-order valence-corrected chi connectivity index (χ3v) is 2.20. The van der Waals surface area contributed by atoms with Gasteiger partial charge in [0.05, 0.1) is 6.54 Å². The summed E-state index contributed by atoms with van der Waals surface area (Å²) in [4.78, 5) is 44.1. The summed E-state index contributed by atoms with van der Waals surface area (Å²) in [6, 6.07) is 0. The highest BCUT2D eigenvalue weighted by Crippen LogP contribution is 2.11. The molecule has 0 saturated heterocycles. The monoisotopic (exact) mass is 287 g/mol. The summed E-state index contributed by atoms with van der Waals surface area (Å²) in [6.45, 7) is 4.67. The second kappa shape index (κ2) is 8.13. The van der Waals surface area contributed by atoms with Crippen LogP contribution in [0, 0.1) is 5.41 Å². The number of carboxylic acids is 1. The zero-order valence-electron chi connectivity index (χ0n) is 11.9. The van der Waals surface area contributed by atoms with Gasteiger partial charge in [0.25, 0.3) is 0 Å². The summed E-state index contributed by atoms with van der Waals surface area (Å²) in [5, 5.41) is 15.4. The van der Waals surface area contributed by atoms with E-state index in [1.165, 1.54) is 0 Å². The zero-order chi connectivity index (χ0) is 15.8. The van der Waals surface area contributed by atoms with Crippen LogP contribution in [0.5, 0.6) is 0 Å². The van der Waals surface area contributed by atoms with Crippen LogP contribution in [0.25, 0.3) is 0 Å². The largest absolute Gasteiger partial charge is 0.480 e. The Balaban J connectivity index is 3.77. The smallest absolute Gasteiger partial charge is 0.322 e. The Morgan fingerprint density at radius 2 is 1.45 bits per heavy atom. The average molecular weight is 287 g/mol. The summed E-state index contributed by atoms with van der Waals surface area (Å²) in [5.41, 5.74) is -0.521. The molecule has 8 nitrogen and oxygen atoms in total. The molecule has 0 bridgehead atoms. The highest BCUT2D eigenvalue weighted by molar-refractivity contribution is 5.87. The molecule has 0 aromatic rings. The molecule has 0 aromatic heterocycles. The molecule has 0 unspecified atom stereocenters. The molecule has 0 atom stereocenters. The summed E-state index contributed by atoms with van der Waals surface area (Å²) in [6.07, 6.45) is 0.0496. The molecule has 114 valence electrons. The number of hydrogen-bond donors (Lipinski definition) is 4. The van der Waals surface area contributed by atoms with E-state index in [2.05, 4.69) is 16.0 Å². The molecule has 0 heterocycles. The van der Waals surface area contributed by atoms with Gasteiger partial charge in [-0.2, -0.15) is 0 Å². The molecule has 0 radical (unpaired) electrons. The van der Waals surface area contributed by atoms with Crippen molar-refractivity contribution in [3.05, 3.63) is 0 Å². The molecule has 0 aromatic carbocycles. The fourth-order valence-electron chi connectivity index (χ4n) is 1.06. The van der Waals surface area contributed by atoms with E-state index in [4.69, 9.17) is 5.11 Å². The normalized spacial score (nSPS) is 10.6. The van der Waals surface area contributed by atoms with E-state index in [0.29, 0.717) is 0 Å². The fraction of sp³-hybridized carbons (Fsp3) is 0.667. The van der Waals surface area contributed by atoms with Crippen LogP contribution in [-0.2, 0) is 19.2 Å². The number of amides is 3. The van der Waals surface area contributed by atoms with Gasteiger partial charge in [0, 0.05) is 18.4 Å². The van der Waals surface area contributed by atoms with E-state index in [1.807, 2.05) is 0 Å². The van der Waals surface area contributed by atoms with Gasteiger partial charge < -0.3 is 21.1 Å². The second-order valence-electron chi connectivity index (χ2n) is 5.20. The van der Waals surface area contributed by atoms with Crippen LogP contribution < -0.4 is 16.0 Å². The standard InChI is InChI=1S/C12H21N3O5/c1-12(2,3)11(20)13-5-4-8(16)14-6-9(17)15-7-10(18)19/h4-7H2,1-3H3,(H,13,20)(H,14,16)(H,15,17)(H,18,19). The van der Waals surface area contributed by atoms with E-state index in [1.54, 1.807) is 20.8 Å². The fourth-order valence-corrected chi connectivity index (χ4v) is 1.06. The number of carboxylic acid groups (broad SMARTS) is 1. The predicted molar refractivity (Wildman–Crippen MR) is 70.7 cm³/mol. The van der Waals surface area contributed by atoms with E-state index < -0.39 is 29.7 Å². The Hall–Kier alpha value is -2.12. The molecule has 0 saturated carbocycles. The minimum Gasteiger partial charge on any atom is -0.480 e. The van der Waals surface area contributed by atoms with Gasteiger partial charge in [-0.3, -0.25) is 19.2 Å². The number of carbonyl (C=O) groups is 4. The third kappa shape index (κ3) is 8.90. The number of carbonyl (C=O) groups excluding carboxylic acids is 3. The summed E-state index contributed by atoms with van der Waals surface area (Å²) in [7, 11) is 0. The van der Waals surface area contributed by atoms with Crippen molar-refractivity contribution >= 4 is 23.7 Å². The van der Waals surface area contributed by atoms with Crippen LogP contribution >= 0.6 is 0 Å². The maximum atomic E-state index is 11.5. The highest BCUT2D eigenvalue weighted by atomic mass is 16.4. The van der Waals surface area contributed by atoms with Crippen LogP contribution in [0.1, 0.15) is 27.2 Å². The molecule has 0 aliphatic heterocycles. The van der Waals surface area contributed by atoms with Crippen molar-refractivity contribution < 1.29 is 24.3 Å². The Bertz CT molecular complexity index is 387. The lowest BCUT2D eigenvalue weighted by Crippen LogP contribution is -2.41. The van der Waals surface area contributed by atoms with Crippen LogP contribution in [-0.4, -0.2) is 48.4 Å². The number of nitrogens with one attached hydrogen (secondary N) is 3. The maximum Gasteiger partial charge on any atom is 0.322 e. The first-order valence-electron chi connectivity index (χ1n) is 6.16. The molecular weight excluding hydrogens is 266 g/mol. The maximum absolute atomic E-state index is 11.5. The lowest BCUT2D eigenvalue weighted by molar-refractivity contribution is -0.137. The van der Waals surface area contributed by atoms with Crippen LogP contribution in [0.2, 0.25) is 0 Å². The minimum absolute atomic E-state index is 0.0496. The zero-order valence-corrected chi connectivity index (χ0v) is 11.9. The Labute approximate surface area is 117 Å². The van der Waals surface area contributed by atoms with Gasteiger partial charge >= 0.3 is 5.97 Å². The molecule has 8 heteroatoms. The van der Waals surface area contributed by atoms with Crippen molar-refractivity contribution in [2.24, 2.45) is 5.41 Å². The van der Waals surface area contributed by atoms with Gasteiger partial charge in [0.15, 0.2) is 0 Å². The molecule has 0 fully saturated rings. The number of aliphatic carboxylic acids is 1. The van der Waals surface area contributed by atoms with Crippen molar-refractivity contribution in [3.8, 4) is 0 Å². The lowest BCUT2D eigenvalue weighted by atomic mass is 9.96. The minimum atomic E-state index is -1.16. The highest BCUT2D eigenvalue weighted by Gasteiger charge is 2.20. The molecule has 0 spiro atoms. The molecule has 0 aliphatic rings. The van der Waals surface area contributed by atoms with Gasteiger partial charge in [-0.1, -0.05) is 20.8 Å².